The van der Waals surface area contributed by atoms with Gasteiger partial charge in [-0.1, -0.05) is 37.1 Å². The Balaban J connectivity index is 1.70. The third-order valence-electron chi connectivity index (χ3n) is 3.97. The zero-order valence-corrected chi connectivity index (χ0v) is 10.8. The summed E-state index contributed by atoms with van der Waals surface area (Å²) in [4.78, 5) is 25.5. The fraction of sp³-hybridized carbons (Fsp3) is 0.375. The van der Waals surface area contributed by atoms with Crippen molar-refractivity contribution in [3.63, 3.8) is 0 Å². The number of rotatable bonds is 3. The van der Waals surface area contributed by atoms with Gasteiger partial charge in [0, 0.05) is 6.54 Å². The molecule has 98 valence electrons. The Kier molecular flexibility index (Phi) is 3.20. The van der Waals surface area contributed by atoms with Crippen LogP contribution in [0, 0.1) is 5.92 Å². The molecule has 2 amide bonds. The molecule has 1 heterocycles. The zero-order chi connectivity index (χ0) is 13.2. The molecule has 1 aromatic carbocycles. The van der Waals surface area contributed by atoms with Gasteiger partial charge in [-0.05, 0) is 30.9 Å². The molecule has 2 aliphatic rings. The molecule has 0 unspecified atom stereocenters. The molecular formula is C16H17NO2. The lowest BCUT2D eigenvalue weighted by Gasteiger charge is -2.11. The smallest absolute Gasteiger partial charge is 0.261 e. The standard InChI is InChI=1S/C16H17NO2/c18-15-13-9-3-4-10-14(13)16(19)17(15)11-5-8-12-6-1-2-7-12/h3-5,8-10,12H,1-2,6-7,11H2. The van der Waals surface area contributed by atoms with Gasteiger partial charge in [0.25, 0.3) is 11.8 Å². The molecule has 0 N–H and O–H groups in total. The Morgan fingerprint density at radius 1 is 1.05 bits per heavy atom. The molecule has 0 radical (unpaired) electrons. The monoisotopic (exact) mass is 255 g/mol. The molecule has 1 aliphatic carbocycles. The summed E-state index contributed by atoms with van der Waals surface area (Å²) in [5, 5.41) is 0. The highest BCUT2D eigenvalue weighted by atomic mass is 16.2. The highest BCUT2D eigenvalue weighted by Crippen LogP contribution is 2.26. The molecule has 1 aliphatic heterocycles. The summed E-state index contributed by atoms with van der Waals surface area (Å²) in [6.07, 6.45) is 9.19. The lowest BCUT2D eigenvalue weighted by Crippen LogP contribution is -2.29. The fourth-order valence-electron chi connectivity index (χ4n) is 2.91. The van der Waals surface area contributed by atoms with Crippen LogP contribution in [0.25, 0.3) is 0 Å². The summed E-state index contributed by atoms with van der Waals surface area (Å²) in [5.41, 5.74) is 1.06. The van der Waals surface area contributed by atoms with Crippen molar-refractivity contribution in [1.82, 2.24) is 4.90 Å². The van der Waals surface area contributed by atoms with E-state index in [4.69, 9.17) is 0 Å². The van der Waals surface area contributed by atoms with Crippen molar-refractivity contribution in [2.75, 3.05) is 6.54 Å². The maximum Gasteiger partial charge on any atom is 0.261 e. The minimum Gasteiger partial charge on any atom is -0.270 e. The second kappa shape index (κ2) is 5.00. The van der Waals surface area contributed by atoms with Crippen molar-refractivity contribution in [2.45, 2.75) is 25.7 Å². The van der Waals surface area contributed by atoms with Crippen molar-refractivity contribution in [2.24, 2.45) is 5.92 Å². The van der Waals surface area contributed by atoms with E-state index in [-0.39, 0.29) is 11.8 Å². The first-order chi connectivity index (χ1) is 9.27. The molecule has 1 saturated carbocycles. The number of allylic oxidation sites excluding steroid dienone is 1. The van der Waals surface area contributed by atoms with E-state index in [9.17, 15) is 9.59 Å². The first kappa shape index (κ1) is 12.2. The second-order valence-electron chi connectivity index (χ2n) is 5.24. The largest absolute Gasteiger partial charge is 0.270 e. The number of fused-ring (bicyclic) bond motifs is 1. The van der Waals surface area contributed by atoms with Crippen LogP contribution in [0.15, 0.2) is 36.4 Å². The summed E-state index contributed by atoms with van der Waals surface area (Å²) < 4.78 is 0. The molecule has 3 rings (SSSR count). The maximum absolute atomic E-state index is 12.1. The van der Waals surface area contributed by atoms with E-state index in [0.717, 1.165) is 0 Å². The van der Waals surface area contributed by atoms with Crippen LogP contribution in [0.1, 0.15) is 46.4 Å². The molecule has 19 heavy (non-hydrogen) atoms. The first-order valence-corrected chi connectivity index (χ1v) is 6.89. The topological polar surface area (TPSA) is 37.4 Å². The number of imide groups is 1. The average Bonchev–Trinajstić information content (AvgIpc) is 3.02. The lowest BCUT2D eigenvalue weighted by molar-refractivity contribution is 0.0672. The van der Waals surface area contributed by atoms with Crippen LogP contribution in [0.3, 0.4) is 0 Å². The molecule has 1 fully saturated rings. The molecule has 3 heteroatoms. The van der Waals surface area contributed by atoms with Crippen molar-refractivity contribution in [1.29, 1.82) is 0 Å². The van der Waals surface area contributed by atoms with Crippen LogP contribution in [-0.4, -0.2) is 23.3 Å². The summed E-state index contributed by atoms with van der Waals surface area (Å²) in [7, 11) is 0. The van der Waals surface area contributed by atoms with E-state index in [0.29, 0.717) is 23.6 Å². The number of carbonyl (C=O) groups excluding carboxylic acids is 2. The van der Waals surface area contributed by atoms with Crippen LogP contribution in [-0.2, 0) is 0 Å². The normalized spacial score (nSPS) is 19.7. The molecular weight excluding hydrogens is 238 g/mol. The van der Waals surface area contributed by atoms with Gasteiger partial charge in [-0.25, -0.2) is 0 Å². The van der Waals surface area contributed by atoms with Gasteiger partial charge in [0.15, 0.2) is 0 Å². The average molecular weight is 255 g/mol. The number of carbonyl (C=O) groups is 2. The molecule has 0 atom stereocenters. The Morgan fingerprint density at radius 2 is 1.63 bits per heavy atom. The number of hydrogen-bond donors (Lipinski definition) is 0. The number of nitrogens with zero attached hydrogens (tertiary/aromatic N) is 1. The Morgan fingerprint density at radius 3 is 2.21 bits per heavy atom. The molecule has 0 saturated heterocycles. The van der Waals surface area contributed by atoms with Crippen molar-refractivity contribution in [3.05, 3.63) is 47.5 Å². The number of amides is 2. The van der Waals surface area contributed by atoms with Gasteiger partial charge in [0.2, 0.25) is 0 Å². The second-order valence-corrected chi connectivity index (χ2v) is 5.24. The van der Waals surface area contributed by atoms with Gasteiger partial charge < -0.3 is 0 Å². The highest BCUT2D eigenvalue weighted by molar-refractivity contribution is 6.21. The van der Waals surface area contributed by atoms with Crippen LogP contribution >= 0.6 is 0 Å². The Hall–Kier alpha value is -1.90. The number of benzene rings is 1. The Bertz CT molecular complexity index is 506. The first-order valence-electron chi connectivity index (χ1n) is 6.89. The quantitative estimate of drug-likeness (QED) is 0.615. The third kappa shape index (κ3) is 2.21. The Labute approximate surface area is 112 Å². The summed E-state index contributed by atoms with van der Waals surface area (Å²) >= 11 is 0. The summed E-state index contributed by atoms with van der Waals surface area (Å²) in [5.74, 6) is 0.295. The molecule has 0 aromatic heterocycles. The summed E-state index contributed by atoms with van der Waals surface area (Å²) in [6.45, 7) is 0.392. The van der Waals surface area contributed by atoms with E-state index in [2.05, 4.69) is 6.08 Å². The number of hydrogen-bond acceptors (Lipinski definition) is 2. The van der Waals surface area contributed by atoms with Crippen LogP contribution in [0.5, 0.6) is 0 Å². The lowest BCUT2D eigenvalue weighted by atomic mass is 10.1. The van der Waals surface area contributed by atoms with Gasteiger partial charge in [0.1, 0.15) is 0 Å². The predicted octanol–water partition coefficient (Wildman–Crippen LogP) is 3.03. The summed E-state index contributed by atoms with van der Waals surface area (Å²) in [6, 6.07) is 7.02. The van der Waals surface area contributed by atoms with E-state index in [1.165, 1.54) is 30.6 Å². The zero-order valence-electron chi connectivity index (χ0n) is 10.8. The maximum atomic E-state index is 12.1. The minimum atomic E-state index is -0.170. The van der Waals surface area contributed by atoms with Gasteiger partial charge in [0.05, 0.1) is 11.1 Å². The van der Waals surface area contributed by atoms with Gasteiger partial charge >= 0.3 is 0 Å². The van der Waals surface area contributed by atoms with Crippen molar-refractivity contribution < 1.29 is 9.59 Å². The van der Waals surface area contributed by atoms with Crippen LogP contribution in [0.2, 0.25) is 0 Å². The van der Waals surface area contributed by atoms with E-state index < -0.39 is 0 Å². The minimum absolute atomic E-state index is 0.170. The molecule has 0 bridgehead atoms. The third-order valence-corrected chi connectivity index (χ3v) is 3.97. The van der Waals surface area contributed by atoms with E-state index in [1.54, 1.807) is 24.3 Å². The van der Waals surface area contributed by atoms with Crippen molar-refractivity contribution in [3.8, 4) is 0 Å². The van der Waals surface area contributed by atoms with Gasteiger partial charge in [-0.2, -0.15) is 0 Å². The van der Waals surface area contributed by atoms with E-state index in [1.807, 2.05) is 6.08 Å². The molecule has 1 aromatic rings. The highest BCUT2D eigenvalue weighted by Gasteiger charge is 2.34. The SMILES string of the molecule is O=C1c2ccccc2C(=O)N1CC=CC1CCCC1. The van der Waals surface area contributed by atoms with Crippen molar-refractivity contribution >= 4 is 11.8 Å². The van der Waals surface area contributed by atoms with Crippen LogP contribution < -0.4 is 0 Å². The predicted molar refractivity (Wildman–Crippen MR) is 72.9 cm³/mol. The fourth-order valence-corrected chi connectivity index (χ4v) is 2.91. The van der Waals surface area contributed by atoms with Gasteiger partial charge in [-0.3, -0.25) is 14.5 Å². The molecule has 3 nitrogen and oxygen atoms in total. The molecule has 0 spiro atoms. The van der Waals surface area contributed by atoms with Gasteiger partial charge in [-0.15, -0.1) is 0 Å². The van der Waals surface area contributed by atoms with Crippen LogP contribution in [0.4, 0.5) is 0 Å². The van der Waals surface area contributed by atoms with E-state index >= 15 is 0 Å².